The lowest BCUT2D eigenvalue weighted by Crippen LogP contribution is -2.33. The van der Waals surface area contributed by atoms with E-state index >= 15 is 0 Å². The highest BCUT2D eigenvalue weighted by Gasteiger charge is 2.18. The van der Waals surface area contributed by atoms with E-state index in [1.165, 1.54) is 12.8 Å². The van der Waals surface area contributed by atoms with Gasteiger partial charge in [-0.15, -0.1) is 0 Å². The SMILES string of the molecule is CCc1[nH]nc(C(=O)NCCC2CCN(C)CC2)c1N. The molecule has 1 amide bonds. The van der Waals surface area contributed by atoms with Crippen molar-refractivity contribution in [2.75, 3.05) is 32.4 Å². The number of piperidine rings is 1. The summed E-state index contributed by atoms with van der Waals surface area (Å²) < 4.78 is 0. The molecule has 1 saturated heterocycles. The standard InChI is InChI=1S/C14H25N5O/c1-3-11-12(15)13(18-17-11)14(20)16-7-4-10-5-8-19(2)9-6-10/h10H,3-9,15H2,1-2H3,(H,16,20)(H,17,18). The van der Waals surface area contributed by atoms with Crippen LogP contribution in [0.15, 0.2) is 0 Å². The van der Waals surface area contributed by atoms with Gasteiger partial charge in [-0.2, -0.15) is 5.10 Å². The van der Waals surface area contributed by atoms with E-state index in [0.29, 0.717) is 23.8 Å². The number of amides is 1. The predicted molar refractivity (Wildman–Crippen MR) is 79.5 cm³/mol. The first-order valence-corrected chi connectivity index (χ1v) is 7.41. The van der Waals surface area contributed by atoms with E-state index in [9.17, 15) is 4.79 Å². The number of likely N-dealkylation sites (tertiary alicyclic amines) is 1. The number of aryl methyl sites for hydroxylation is 1. The first kappa shape index (κ1) is 14.8. The number of nitrogens with zero attached hydrogens (tertiary/aromatic N) is 2. The Morgan fingerprint density at radius 2 is 2.20 bits per heavy atom. The maximum Gasteiger partial charge on any atom is 0.273 e. The Morgan fingerprint density at radius 1 is 1.50 bits per heavy atom. The molecule has 0 spiro atoms. The van der Waals surface area contributed by atoms with E-state index in [2.05, 4.69) is 27.5 Å². The molecule has 2 rings (SSSR count). The van der Waals surface area contributed by atoms with Crippen LogP contribution in [0.25, 0.3) is 0 Å². The van der Waals surface area contributed by atoms with Gasteiger partial charge in [0.25, 0.3) is 5.91 Å². The number of hydrogen-bond acceptors (Lipinski definition) is 4. The highest BCUT2D eigenvalue weighted by molar-refractivity contribution is 5.97. The van der Waals surface area contributed by atoms with Gasteiger partial charge in [0, 0.05) is 6.54 Å². The van der Waals surface area contributed by atoms with Crippen molar-refractivity contribution in [3.05, 3.63) is 11.4 Å². The molecule has 1 fully saturated rings. The van der Waals surface area contributed by atoms with E-state index in [1.54, 1.807) is 0 Å². The number of nitrogens with two attached hydrogens (primary N) is 1. The van der Waals surface area contributed by atoms with E-state index in [1.807, 2.05) is 6.92 Å². The molecule has 0 atom stereocenters. The van der Waals surface area contributed by atoms with Crippen molar-refractivity contribution >= 4 is 11.6 Å². The highest BCUT2D eigenvalue weighted by Crippen LogP contribution is 2.19. The number of H-pyrrole nitrogens is 1. The number of hydrogen-bond donors (Lipinski definition) is 3. The molecule has 0 saturated carbocycles. The lowest BCUT2D eigenvalue weighted by atomic mass is 9.94. The molecule has 1 aliphatic rings. The molecule has 20 heavy (non-hydrogen) atoms. The van der Waals surface area contributed by atoms with Crippen LogP contribution in [0.5, 0.6) is 0 Å². The summed E-state index contributed by atoms with van der Waals surface area (Å²) in [6, 6.07) is 0. The smallest absolute Gasteiger partial charge is 0.273 e. The average molecular weight is 279 g/mol. The fourth-order valence-electron chi connectivity index (χ4n) is 2.65. The van der Waals surface area contributed by atoms with Crippen LogP contribution in [-0.4, -0.2) is 47.7 Å². The molecular weight excluding hydrogens is 254 g/mol. The van der Waals surface area contributed by atoms with Crippen molar-refractivity contribution in [1.82, 2.24) is 20.4 Å². The fraction of sp³-hybridized carbons (Fsp3) is 0.714. The summed E-state index contributed by atoms with van der Waals surface area (Å²) in [4.78, 5) is 14.4. The lowest BCUT2D eigenvalue weighted by molar-refractivity contribution is 0.0945. The van der Waals surface area contributed by atoms with Crippen molar-refractivity contribution in [3.63, 3.8) is 0 Å². The van der Waals surface area contributed by atoms with Crippen LogP contribution < -0.4 is 11.1 Å². The van der Waals surface area contributed by atoms with Crippen molar-refractivity contribution in [2.24, 2.45) is 5.92 Å². The topological polar surface area (TPSA) is 87.0 Å². The Morgan fingerprint density at radius 3 is 2.80 bits per heavy atom. The quantitative estimate of drug-likeness (QED) is 0.751. The molecule has 2 heterocycles. The molecule has 0 bridgehead atoms. The first-order chi connectivity index (χ1) is 9.61. The normalized spacial score (nSPS) is 17.3. The van der Waals surface area contributed by atoms with Gasteiger partial charge in [0.15, 0.2) is 5.69 Å². The van der Waals surface area contributed by atoms with Gasteiger partial charge in [-0.05, 0) is 51.7 Å². The molecule has 6 heteroatoms. The van der Waals surface area contributed by atoms with E-state index in [4.69, 9.17) is 5.73 Å². The zero-order valence-corrected chi connectivity index (χ0v) is 12.4. The van der Waals surface area contributed by atoms with Crippen LogP contribution in [0.2, 0.25) is 0 Å². The van der Waals surface area contributed by atoms with Gasteiger partial charge in [0.2, 0.25) is 0 Å². The van der Waals surface area contributed by atoms with E-state index in [-0.39, 0.29) is 5.91 Å². The number of rotatable bonds is 5. The second-order valence-corrected chi connectivity index (χ2v) is 5.61. The Hall–Kier alpha value is -1.56. The van der Waals surface area contributed by atoms with Crippen molar-refractivity contribution < 1.29 is 4.79 Å². The second kappa shape index (κ2) is 6.74. The van der Waals surface area contributed by atoms with Gasteiger partial charge >= 0.3 is 0 Å². The third-order valence-corrected chi connectivity index (χ3v) is 4.13. The number of anilines is 1. The maximum absolute atomic E-state index is 12.0. The number of carbonyl (C=O) groups is 1. The van der Waals surface area contributed by atoms with Crippen molar-refractivity contribution in [3.8, 4) is 0 Å². The molecule has 112 valence electrons. The summed E-state index contributed by atoms with van der Waals surface area (Å²) in [6.07, 6.45) is 4.22. The summed E-state index contributed by atoms with van der Waals surface area (Å²) >= 11 is 0. The van der Waals surface area contributed by atoms with Gasteiger partial charge in [-0.25, -0.2) is 0 Å². The lowest BCUT2D eigenvalue weighted by Gasteiger charge is -2.28. The van der Waals surface area contributed by atoms with Crippen LogP contribution in [0, 0.1) is 5.92 Å². The predicted octanol–water partition coefficient (Wildman–Crippen LogP) is 1.02. The maximum atomic E-state index is 12.0. The molecule has 1 aliphatic heterocycles. The Bertz CT molecular complexity index is 448. The van der Waals surface area contributed by atoms with Gasteiger partial charge in [-0.1, -0.05) is 6.92 Å². The number of aromatic nitrogens is 2. The minimum atomic E-state index is -0.175. The van der Waals surface area contributed by atoms with Crippen molar-refractivity contribution in [2.45, 2.75) is 32.6 Å². The molecule has 0 aliphatic carbocycles. The van der Waals surface area contributed by atoms with Gasteiger partial charge in [0.1, 0.15) is 0 Å². The molecule has 1 aromatic rings. The van der Waals surface area contributed by atoms with Crippen LogP contribution in [0.1, 0.15) is 42.4 Å². The Kier molecular flexibility index (Phi) is 5.00. The van der Waals surface area contributed by atoms with Crippen LogP contribution in [0.4, 0.5) is 5.69 Å². The second-order valence-electron chi connectivity index (χ2n) is 5.61. The van der Waals surface area contributed by atoms with Crippen molar-refractivity contribution in [1.29, 1.82) is 0 Å². The van der Waals surface area contributed by atoms with E-state index < -0.39 is 0 Å². The van der Waals surface area contributed by atoms with Crippen LogP contribution >= 0.6 is 0 Å². The summed E-state index contributed by atoms with van der Waals surface area (Å²) in [7, 11) is 2.16. The van der Waals surface area contributed by atoms with Gasteiger partial charge in [-0.3, -0.25) is 9.89 Å². The summed E-state index contributed by atoms with van der Waals surface area (Å²) in [6.45, 7) is 4.99. The Balaban J connectivity index is 1.76. The largest absolute Gasteiger partial charge is 0.395 e. The Labute approximate surface area is 120 Å². The molecule has 0 radical (unpaired) electrons. The summed E-state index contributed by atoms with van der Waals surface area (Å²) in [5.74, 6) is 0.542. The zero-order valence-electron chi connectivity index (χ0n) is 12.4. The minimum absolute atomic E-state index is 0.175. The monoisotopic (exact) mass is 279 g/mol. The van der Waals surface area contributed by atoms with Gasteiger partial charge in [0.05, 0.1) is 11.4 Å². The molecule has 0 unspecified atom stereocenters. The number of aromatic amines is 1. The fourth-order valence-corrected chi connectivity index (χ4v) is 2.65. The van der Waals surface area contributed by atoms with E-state index in [0.717, 1.165) is 31.6 Å². The number of carbonyl (C=O) groups excluding carboxylic acids is 1. The zero-order chi connectivity index (χ0) is 14.5. The highest BCUT2D eigenvalue weighted by atomic mass is 16.1. The van der Waals surface area contributed by atoms with Crippen LogP contribution in [-0.2, 0) is 6.42 Å². The molecule has 0 aromatic carbocycles. The molecule has 1 aromatic heterocycles. The molecular formula is C14H25N5O. The minimum Gasteiger partial charge on any atom is -0.395 e. The first-order valence-electron chi connectivity index (χ1n) is 7.41. The molecule has 6 nitrogen and oxygen atoms in total. The third kappa shape index (κ3) is 3.50. The van der Waals surface area contributed by atoms with Crippen LogP contribution in [0.3, 0.4) is 0 Å². The number of nitrogens with one attached hydrogen (secondary N) is 2. The van der Waals surface area contributed by atoms with Gasteiger partial charge < -0.3 is 16.0 Å². The third-order valence-electron chi connectivity index (χ3n) is 4.13. The average Bonchev–Trinajstić information content (AvgIpc) is 2.82. The molecule has 4 N–H and O–H groups in total. The summed E-state index contributed by atoms with van der Waals surface area (Å²) in [5, 5.41) is 9.72. The summed E-state index contributed by atoms with van der Waals surface area (Å²) in [5.41, 5.74) is 7.51. The number of nitrogen functional groups attached to an aromatic ring is 1.